The molecule has 1 aliphatic rings. The van der Waals surface area contributed by atoms with Gasteiger partial charge in [-0.3, -0.25) is 0 Å². The van der Waals surface area contributed by atoms with Gasteiger partial charge in [0, 0.05) is 19.9 Å². The first-order valence-electron chi connectivity index (χ1n) is 5.74. The van der Waals surface area contributed by atoms with Gasteiger partial charge in [-0.25, -0.2) is 0 Å². The van der Waals surface area contributed by atoms with Crippen LogP contribution < -0.4 is 5.32 Å². The first-order valence-corrected chi connectivity index (χ1v) is 5.74. The predicted octanol–water partition coefficient (Wildman–Crippen LogP) is 2.21. The van der Waals surface area contributed by atoms with E-state index in [4.69, 9.17) is 9.47 Å². The van der Waals surface area contributed by atoms with Gasteiger partial charge in [0.05, 0.1) is 6.54 Å². The van der Waals surface area contributed by atoms with Crippen LogP contribution >= 0.6 is 0 Å². The quantitative estimate of drug-likeness (QED) is 0.773. The fraction of sp³-hybridized carbons (Fsp3) is 0.538. The van der Waals surface area contributed by atoms with Gasteiger partial charge in [0.25, 0.3) is 0 Å². The smallest absolute Gasteiger partial charge is 0.173 e. The lowest BCUT2D eigenvalue weighted by molar-refractivity contribution is -0.0914. The summed E-state index contributed by atoms with van der Waals surface area (Å²) in [6.45, 7) is 0.672. The Morgan fingerprint density at radius 1 is 1.19 bits per heavy atom. The van der Waals surface area contributed by atoms with Crippen LogP contribution in [0.15, 0.2) is 18.2 Å². The molecule has 0 amide bonds. The Labute approximate surface area is 96.8 Å². The molecule has 0 saturated carbocycles. The number of aryl methyl sites for hydroxylation is 2. The van der Waals surface area contributed by atoms with Crippen LogP contribution in [-0.4, -0.2) is 27.1 Å². The Bertz CT molecular complexity index is 348. The zero-order valence-electron chi connectivity index (χ0n) is 9.95. The first-order chi connectivity index (χ1) is 7.83. The molecule has 0 radical (unpaired) electrons. The van der Waals surface area contributed by atoms with Crippen LogP contribution in [0, 0.1) is 0 Å². The van der Waals surface area contributed by atoms with Crippen molar-refractivity contribution in [1.82, 2.24) is 0 Å². The van der Waals surface area contributed by atoms with Crippen molar-refractivity contribution in [2.24, 2.45) is 0 Å². The third-order valence-electron chi connectivity index (χ3n) is 3.10. The standard InChI is InChI=1S/C13H19NO2/c1-15-13(16-2)9-14-12-7-6-10-4-3-5-11(10)8-12/h6-8,13-14H,3-5,9H2,1-2H3. The molecule has 0 aromatic heterocycles. The third kappa shape index (κ3) is 2.54. The van der Waals surface area contributed by atoms with Crippen LogP contribution in [0.2, 0.25) is 0 Å². The van der Waals surface area contributed by atoms with E-state index >= 15 is 0 Å². The van der Waals surface area contributed by atoms with E-state index in [1.165, 1.54) is 30.4 Å². The van der Waals surface area contributed by atoms with Crippen molar-refractivity contribution in [2.45, 2.75) is 25.6 Å². The van der Waals surface area contributed by atoms with Crippen LogP contribution in [0.5, 0.6) is 0 Å². The van der Waals surface area contributed by atoms with Gasteiger partial charge in [0.15, 0.2) is 6.29 Å². The summed E-state index contributed by atoms with van der Waals surface area (Å²) >= 11 is 0. The van der Waals surface area contributed by atoms with E-state index in [9.17, 15) is 0 Å². The Balaban J connectivity index is 1.95. The van der Waals surface area contributed by atoms with Gasteiger partial charge in [-0.15, -0.1) is 0 Å². The van der Waals surface area contributed by atoms with E-state index in [0.29, 0.717) is 6.54 Å². The molecule has 1 N–H and O–H groups in total. The second kappa shape index (κ2) is 5.32. The Kier molecular flexibility index (Phi) is 3.80. The summed E-state index contributed by atoms with van der Waals surface area (Å²) in [4.78, 5) is 0. The average Bonchev–Trinajstić information content (AvgIpc) is 2.77. The highest BCUT2D eigenvalue weighted by molar-refractivity contribution is 5.50. The maximum Gasteiger partial charge on any atom is 0.173 e. The van der Waals surface area contributed by atoms with Gasteiger partial charge in [-0.05, 0) is 42.5 Å². The van der Waals surface area contributed by atoms with E-state index in [0.717, 1.165) is 5.69 Å². The minimum absolute atomic E-state index is 0.187. The van der Waals surface area contributed by atoms with Crippen LogP contribution in [0.25, 0.3) is 0 Å². The van der Waals surface area contributed by atoms with Crippen molar-refractivity contribution < 1.29 is 9.47 Å². The van der Waals surface area contributed by atoms with E-state index < -0.39 is 0 Å². The number of anilines is 1. The number of fused-ring (bicyclic) bond motifs is 1. The number of methoxy groups -OCH3 is 2. The van der Waals surface area contributed by atoms with Crippen molar-refractivity contribution in [1.29, 1.82) is 0 Å². The second-order valence-electron chi connectivity index (χ2n) is 4.12. The molecule has 1 aromatic carbocycles. The molecule has 0 aliphatic heterocycles. The minimum atomic E-state index is -0.187. The molecule has 0 spiro atoms. The van der Waals surface area contributed by atoms with E-state index in [2.05, 4.69) is 23.5 Å². The fourth-order valence-electron chi connectivity index (χ4n) is 2.15. The lowest BCUT2D eigenvalue weighted by atomic mass is 10.1. The molecular formula is C13H19NO2. The van der Waals surface area contributed by atoms with Crippen LogP contribution in [0.1, 0.15) is 17.5 Å². The molecule has 1 aliphatic carbocycles. The topological polar surface area (TPSA) is 30.5 Å². The molecule has 16 heavy (non-hydrogen) atoms. The van der Waals surface area contributed by atoms with Gasteiger partial charge >= 0.3 is 0 Å². The zero-order chi connectivity index (χ0) is 11.4. The van der Waals surface area contributed by atoms with Gasteiger partial charge in [-0.2, -0.15) is 0 Å². The van der Waals surface area contributed by atoms with Gasteiger partial charge in [-0.1, -0.05) is 6.07 Å². The third-order valence-corrected chi connectivity index (χ3v) is 3.10. The number of ether oxygens (including phenoxy) is 2. The summed E-state index contributed by atoms with van der Waals surface area (Å²) in [6, 6.07) is 6.59. The largest absolute Gasteiger partial charge is 0.380 e. The van der Waals surface area contributed by atoms with Gasteiger partial charge in [0.1, 0.15) is 0 Å². The van der Waals surface area contributed by atoms with Gasteiger partial charge in [0.2, 0.25) is 0 Å². The lowest BCUT2D eigenvalue weighted by Gasteiger charge is -2.15. The molecule has 2 rings (SSSR count). The molecule has 0 saturated heterocycles. The van der Waals surface area contributed by atoms with E-state index in [1.807, 2.05) is 0 Å². The molecule has 0 bridgehead atoms. The summed E-state index contributed by atoms with van der Waals surface area (Å²) in [5.74, 6) is 0. The van der Waals surface area contributed by atoms with Crippen molar-refractivity contribution >= 4 is 5.69 Å². The number of rotatable bonds is 5. The molecule has 0 heterocycles. The SMILES string of the molecule is COC(CNc1ccc2c(c1)CCC2)OC. The second-order valence-corrected chi connectivity index (χ2v) is 4.12. The fourth-order valence-corrected chi connectivity index (χ4v) is 2.15. The number of nitrogens with one attached hydrogen (secondary N) is 1. The van der Waals surface area contributed by atoms with Crippen LogP contribution in [0.3, 0.4) is 0 Å². The maximum atomic E-state index is 5.13. The monoisotopic (exact) mass is 221 g/mol. The van der Waals surface area contributed by atoms with E-state index in [1.54, 1.807) is 14.2 Å². The molecule has 88 valence electrons. The van der Waals surface area contributed by atoms with Crippen molar-refractivity contribution in [2.75, 3.05) is 26.1 Å². The summed E-state index contributed by atoms with van der Waals surface area (Å²) in [6.07, 6.45) is 3.54. The molecular weight excluding hydrogens is 202 g/mol. The maximum absolute atomic E-state index is 5.13. The zero-order valence-corrected chi connectivity index (χ0v) is 9.95. The minimum Gasteiger partial charge on any atom is -0.380 e. The highest BCUT2D eigenvalue weighted by atomic mass is 16.7. The number of hydrogen-bond donors (Lipinski definition) is 1. The van der Waals surface area contributed by atoms with Gasteiger partial charge < -0.3 is 14.8 Å². The Morgan fingerprint density at radius 2 is 1.94 bits per heavy atom. The number of benzene rings is 1. The Hall–Kier alpha value is -1.06. The Morgan fingerprint density at radius 3 is 2.69 bits per heavy atom. The number of hydrogen-bond acceptors (Lipinski definition) is 3. The van der Waals surface area contributed by atoms with E-state index in [-0.39, 0.29) is 6.29 Å². The first kappa shape index (κ1) is 11.4. The highest BCUT2D eigenvalue weighted by Gasteiger charge is 2.11. The summed E-state index contributed by atoms with van der Waals surface area (Å²) in [5.41, 5.74) is 4.14. The molecule has 1 aromatic rings. The average molecular weight is 221 g/mol. The molecule has 0 atom stereocenters. The lowest BCUT2D eigenvalue weighted by Crippen LogP contribution is -2.23. The molecule has 0 unspecified atom stereocenters. The van der Waals surface area contributed by atoms with Crippen LogP contribution in [0.4, 0.5) is 5.69 Å². The summed E-state index contributed by atoms with van der Waals surface area (Å²) in [5, 5.41) is 3.33. The summed E-state index contributed by atoms with van der Waals surface area (Å²) < 4.78 is 10.3. The van der Waals surface area contributed by atoms with Crippen LogP contribution in [-0.2, 0) is 22.3 Å². The molecule has 0 fully saturated rings. The summed E-state index contributed by atoms with van der Waals surface area (Å²) in [7, 11) is 3.30. The normalized spacial score (nSPS) is 14.2. The molecule has 3 nitrogen and oxygen atoms in total. The predicted molar refractivity (Wildman–Crippen MR) is 64.8 cm³/mol. The molecule has 3 heteroatoms. The van der Waals surface area contributed by atoms with Crippen molar-refractivity contribution in [3.8, 4) is 0 Å². The van der Waals surface area contributed by atoms with Crippen molar-refractivity contribution in [3.63, 3.8) is 0 Å². The van der Waals surface area contributed by atoms with Crippen molar-refractivity contribution in [3.05, 3.63) is 29.3 Å². The highest BCUT2D eigenvalue weighted by Crippen LogP contribution is 2.24.